The molecule has 148 valence electrons. The van der Waals surface area contributed by atoms with Crippen molar-refractivity contribution < 1.29 is 23.9 Å². The zero-order valence-corrected chi connectivity index (χ0v) is 17.3. The van der Waals surface area contributed by atoms with Gasteiger partial charge in [0.15, 0.2) is 6.61 Å². The fourth-order valence-corrected chi connectivity index (χ4v) is 5.07. The molecule has 0 aliphatic heterocycles. The molecule has 3 rings (SSSR count). The molecule has 0 bridgehead atoms. The molecule has 0 aromatic carbocycles. The van der Waals surface area contributed by atoms with Crippen molar-refractivity contribution >= 4 is 51.6 Å². The number of carbonyl (C=O) groups excluding carboxylic acids is 3. The third kappa shape index (κ3) is 4.88. The Morgan fingerprint density at radius 3 is 2.89 bits per heavy atom. The number of esters is 2. The number of anilines is 1. The van der Waals surface area contributed by atoms with E-state index in [1.54, 1.807) is 6.08 Å². The number of carbonyl (C=O) groups is 3. The van der Waals surface area contributed by atoms with Gasteiger partial charge in [0.2, 0.25) is 0 Å². The molecule has 6 nitrogen and oxygen atoms in total. The summed E-state index contributed by atoms with van der Waals surface area (Å²) in [6, 6.07) is 3.75. The lowest BCUT2D eigenvalue weighted by Crippen LogP contribution is -2.21. The Morgan fingerprint density at radius 2 is 2.18 bits per heavy atom. The lowest BCUT2D eigenvalue weighted by molar-refractivity contribution is -0.142. The number of fused-ring (bicyclic) bond motifs is 1. The van der Waals surface area contributed by atoms with Gasteiger partial charge < -0.3 is 14.8 Å². The number of ether oxygens (including phenoxy) is 2. The average molecular weight is 420 g/mol. The number of thiophene rings is 2. The number of rotatable bonds is 6. The minimum absolute atomic E-state index is 0.423. The molecule has 2 aromatic heterocycles. The van der Waals surface area contributed by atoms with Crippen LogP contribution >= 0.6 is 22.7 Å². The summed E-state index contributed by atoms with van der Waals surface area (Å²) in [5.74, 6) is -1.01. The van der Waals surface area contributed by atoms with Crippen molar-refractivity contribution in [2.75, 3.05) is 19.0 Å². The molecule has 2 heterocycles. The summed E-state index contributed by atoms with van der Waals surface area (Å²) in [5.41, 5.74) is 1.38. The van der Waals surface area contributed by atoms with Gasteiger partial charge >= 0.3 is 11.9 Å². The van der Waals surface area contributed by atoms with E-state index in [1.807, 2.05) is 17.5 Å². The van der Waals surface area contributed by atoms with E-state index in [4.69, 9.17) is 9.47 Å². The van der Waals surface area contributed by atoms with E-state index in [9.17, 15) is 14.4 Å². The van der Waals surface area contributed by atoms with E-state index in [-0.39, 0.29) is 0 Å². The SMILES string of the molecule is COC(=O)c1c(NC(=O)COC(=O)/C=C/c2cccs2)sc2c1CC[C@H](C)C2. The lowest BCUT2D eigenvalue weighted by Gasteiger charge is -2.18. The predicted molar refractivity (Wildman–Crippen MR) is 110 cm³/mol. The van der Waals surface area contributed by atoms with Crippen LogP contribution in [-0.4, -0.2) is 31.6 Å². The molecule has 28 heavy (non-hydrogen) atoms. The Labute approximate surface area is 171 Å². The van der Waals surface area contributed by atoms with Crippen molar-refractivity contribution in [3.8, 4) is 0 Å². The van der Waals surface area contributed by atoms with Gasteiger partial charge in [-0.3, -0.25) is 4.79 Å². The first kappa shape index (κ1) is 20.3. The van der Waals surface area contributed by atoms with E-state index < -0.39 is 24.5 Å². The summed E-state index contributed by atoms with van der Waals surface area (Å²) in [6.45, 7) is 1.75. The van der Waals surface area contributed by atoms with E-state index in [2.05, 4.69) is 12.2 Å². The van der Waals surface area contributed by atoms with Crippen LogP contribution in [-0.2, 0) is 31.9 Å². The van der Waals surface area contributed by atoms with Crippen LogP contribution in [0.1, 0.15) is 39.0 Å². The topological polar surface area (TPSA) is 81.7 Å². The molecule has 0 radical (unpaired) electrons. The number of hydrogen-bond donors (Lipinski definition) is 1. The number of nitrogens with one attached hydrogen (secondary N) is 1. The van der Waals surface area contributed by atoms with Gasteiger partial charge in [0.1, 0.15) is 5.00 Å². The van der Waals surface area contributed by atoms with Crippen molar-refractivity contribution in [2.45, 2.75) is 26.2 Å². The smallest absolute Gasteiger partial charge is 0.341 e. The minimum atomic E-state index is -0.601. The van der Waals surface area contributed by atoms with Gasteiger partial charge in [-0.2, -0.15) is 0 Å². The molecule has 1 atom stereocenters. The van der Waals surface area contributed by atoms with Gasteiger partial charge in [0, 0.05) is 15.8 Å². The number of methoxy groups -OCH3 is 1. The summed E-state index contributed by atoms with van der Waals surface area (Å²) >= 11 is 2.89. The first-order valence-corrected chi connectivity index (χ1v) is 10.6. The van der Waals surface area contributed by atoms with E-state index in [0.717, 1.165) is 34.6 Å². The fraction of sp³-hybridized carbons (Fsp3) is 0.350. The Balaban J connectivity index is 1.63. The molecular formula is C20H21NO5S2. The highest BCUT2D eigenvalue weighted by molar-refractivity contribution is 7.17. The van der Waals surface area contributed by atoms with Gasteiger partial charge in [0.25, 0.3) is 5.91 Å². The Morgan fingerprint density at radius 1 is 1.36 bits per heavy atom. The molecule has 0 fully saturated rings. The Bertz CT molecular complexity index is 898. The van der Waals surface area contributed by atoms with Gasteiger partial charge in [0.05, 0.1) is 12.7 Å². The van der Waals surface area contributed by atoms with Crippen LogP contribution in [0.5, 0.6) is 0 Å². The number of hydrogen-bond acceptors (Lipinski definition) is 7. The van der Waals surface area contributed by atoms with E-state index in [1.165, 1.54) is 35.9 Å². The molecule has 0 saturated heterocycles. The van der Waals surface area contributed by atoms with Crippen LogP contribution in [0.4, 0.5) is 5.00 Å². The Kier molecular flexibility index (Phi) is 6.64. The second kappa shape index (κ2) is 9.16. The first-order valence-electron chi connectivity index (χ1n) is 8.89. The molecule has 1 aliphatic rings. The molecule has 1 N–H and O–H groups in total. The maximum atomic E-state index is 12.2. The van der Waals surface area contributed by atoms with Gasteiger partial charge in [-0.15, -0.1) is 22.7 Å². The quantitative estimate of drug-likeness (QED) is 0.567. The molecule has 0 saturated carbocycles. The van der Waals surface area contributed by atoms with Crippen LogP contribution in [0.2, 0.25) is 0 Å². The minimum Gasteiger partial charge on any atom is -0.465 e. The normalized spacial score (nSPS) is 15.9. The first-order chi connectivity index (χ1) is 13.5. The monoisotopic (exact) mass is 419 g/mol. The highest BCUT2D eigenvalue weighted by Crippen LogP contribution is 2.40. The second-order valence-corrected chi connectivity index (χ2v) is 8.64. The molecular weight excluding hydrogens is 398 g/mol. The number of amides is 1. The van der Waals surface area contributed by atoms with Crippen molar-refractivity contribution in [1.29, 1.82) is 0 Å². The van der Waals surface area contributed by atoms with Crippen LogP contribution in [0.15, 0.2) is 23.6 Å². The third-order valence-corrected chi connectivity index (χ3v) is 6.43. The van der Waals surface area contributed by atoms with Crippen molar-refractivity contribution in [3.05, 3.63) is 44.5 Å². The van der Waals surface area contributed by atoms with Gasteiger partial charge in [-0.1, -0.05) is 13.0 Å². The highest BCUT2D eigenvalue weighted by atomic mass is 32.1. The van der Waals surface area contributed by atoms with Crippen LogP contribution < -0.4 is 5.32 Å². The fourth-order valence-electron chi connectivity index (χ4n) is 3.04. The largest absolute Gasteiger partial charge is 0.465 e. The summed E-state index contributed by atoms with van der Waals surface area (Å²) in [7, 11) is 1.32. The molecule has 8 heteroatoms. The van der Waals surface area contributed by atoms with E-state index in [0.29, 0.717) is 16.5 Å². The molecule has 1 amide bonds. The molecule has 0 unspecified atom stereocenters. The molecule has 2 aromatic rings. The summed E-state index contributed by atoms with van der Waals surface area (Å²) in [5, 5.41) is 5.06. The average Bonchev–Trinajstić information content (AvgIpc) is 3.31. The molecule has 1 aliphatic carbocycles. The van der Waals surface area contributed by atoms with Crippen molar-refractivity contribution in [1.82, 2.24) is 0 Å². The van der Waals surface area contributed by atoms with Crippen LogP contribution in [0, 0.1) is 5.92 Å². The van der Waals surface area contributed by atoms with Gasteiger partial charge in [-0.25, -0.2) is 9.59 Å². The van der Waals surface area contributed by atoms with Crippen molar-refractivity contribution in [3.63, 3.8) is 0 Å². The second-order valence-electron chi connectivity index (χ2n) is 6.55. The predicted octanol–water partition coefficient (Wildman–Crippen LogP) is 3.92. The zero-order valence-electron chi connectivity index (χ0n) is 15.7. The maximum absolute atomic E-state index is 12.2. The van der Waals surface area contributed by atoms with Crippen LogP contribution in [0.25, 0.3) is 6.08 Å². The van der Waals surface area contributed by atoms with Crippen LogP contribution in [0.3, 0.4) is 0 Å². The van der Waals surface area contributed by atoms with E-state index >= 15 is 0 Å². The highest BCUT2D eigenvalue weighted by Gasteiger charge is 2.28. The van der Waals surface area contributed by atoms with Crippen molar-refractivity contribution in [2.24, 2.45) is 5.92 Å². The third-order valence-electron chi connectivity index (χ3n) is 4.43. The standard InChI is InChI=1S/C20H21NO5S2/c1-12-5-7-14-15(10-12)28-19(18(14)20(24)25-2)21-16(22)11-26-17(23)8-6-13-4-3-9-27-13/h3-4,6,8-9,12H,5,7,10-11H2,1-2H3,(H,21,22)/b8-6+/t12-/m0/s1. The molecule has 0 spiro atoms. The summed E-state index contributed by atoms with van der Waals surface area (Å²) < 4.78 is 9.87. The lowest BCUT2D eigenvalue weighted by atomic mass is 9.88. The summed E-state index contributed by atoms with van der Waals surface area (Å²) in [6.07, 6.45) is 5.58. The summed E-state index contributed by atoms with van der Waals surface area (Å²) in [4.78, 5) is 38.2. The zero-order chi connectivity index (χ0) is 20.1. The maximum Gasteiger partial charge on any atom is 0.341 e. The Hall–Kier alpha value is -2.45. The van der Waals surface area contributed by atoms with Gasteiger partial charge in [-0.05, 0) is 48.3 Å².